The number of rotatable bonds is 5. The summed E-state index contributed by atoms with van der Waals surface area (Å²) < 4.78 is 7.39. The molecule has 8 heteroatoms. The minimum Gasteiger partial charge on any atom is -0.408 e. The van der Waals surface area contributed by atoms with Crippen molar-refractivity contribution in [2.45, 2.75) is 13.6 Å². The molecule has 4 rings (SSSR count). The molecule has 0 spiro atoms. The molecule has 1 aliphatic rings. The van der Waals surface area contributed by atoms with Crippen LogP contribution in [-0.2, 0) is 6.67 Å². The Bertz CT molecular complexity index is 968. The third kappa shape index (κ3) is 4.02. The molecule has 1 aromatic carbocycles. The number of piperazine rings is 1. The Labute approximate surface area is 166 Å². The van der Waals surface area contributed by atoms with Gasteiger partial charge in [-0.3, -0.25) is 9.69 Å². The van der Waals surface area contributed by atoms with E-state index in [1.54, 1.807) is 22.9 Å². The van der Waals surface area contributed by atoms with Crippen LogP contribution in [-0.4, -0.2) is 46.6 Å². The number of anilines is 1. The quantitative estimate of drug-likeness (QED) is 0.478. The van der Waals surface area contributed by atoms with Crippen molar-refractivity contribution >= 4 is 35.0 Å². The minimum atomic E-state index is 0.0950. The fourth-order valence-corrected chi connectivity index (χ4v) is 3.96. The van der Waals surface area contributed by atoms with Crippen LogP contribution >= 0.6 is 23.6 Å². The molecule has 27 heavy (non-hydrogen) atoms. The molecule has 0 amide bonds. The van der Waals surface area contributed by atoms with Crippen molar-refractivity contribution < 1.29 is 9.21 Å². The lowest BCUT2D eigenvalue weighted by molar-refractivity contribution is 0.101. The van der Waals surface area contributed by atoms with Gasteiger partial charge in [0.25, 0.3) is 10.7 Å². The van der Waals surface area contributed by atoms with E-state index in [2.05, 4.69) is 14.9 Å². The Morgan fingerprint density at radius 1 is 1.19 bits per heavy atom. The van der Waals surface area contributed by atoms with Crippen molar-refractivity contribution in [2.75, 3.05) is 31.1 Å². The highest BCUT2D eigenvalue weighted by Gasteiger charge is 2.19. The smallest absolute Gasteiger partial charge is 0.288 e. The molecule has 0 bridgehead atoms. The first-order valence-electron chi connectivity index (χ1n) is 8.80. The number of carbonyl (C=O) groups excluding carboxylic acids is 1. The maximum atomic E-state index is 11.4. The first-order chi connectivity index (χ1) is 13.1. The highest BCUT2D eigenvalue weighted by molar-refractivity contribution is 7.71. The third-order valence-electron chi connectivity index (χ3n) is 4.68. The number of thiophene rings is 1. The molecule has 0 saturated carbocycles. The molecule has 0 N–H and O–H groups in total. The van der Waals surface area contributed by atoms with Crippen molar-refractivity contribution in [3.8, 4) is 10.8 Å². The molecule has 1 aliphatic heterocycles. The maximum absolute atomic E-state index is 11.4. The van der Waals surface area contributed by atoms with Gasteiger partial charge in [-0.15, -0.1) is 16.4 Å². The van der Waals surface area contributed by atoms with Crippen LogP contribution in [0.15, 0.2) is 46.2 Å². The summed E-state index contributed by atoms with van der Waals surface area (Å²) in [7, 11) is 0. The lowest BCUT2D eigenvalue weighted by Gasteiger charge is -2.35. The van der Waals surface area contributed by atoms with Crippen LogP contribution < -0.4 is 4.90 Å². The summed E-state index contributed by atoms with van der Waals surface area (Å²) in [4.78, 5) is 17.4. The van der Waals surface area contributed by atoms with Gasteiger partial charge in [0.15, 0.2) is 5.78 Å². The molecule has 0 atom stereocenters. The Morgan fingerprint density at radius 2 is 1.93 bits per heavy atom. The summed E-state index contributed by atoms with van der Waals surface area (Å²) in [5.41, 5.74) is 1.90. The van der Waals surface area contributed by atoms with Gasteiger partial charge in [0.05, 0.1) is 11.5 Å². The van der Waals surface area contributed by atoms with Gasteiger partial charge in [-0.2, -0.15) is 0 Å². The van der Waals surface area contributed by atoms with E-state index in [0.29, 0.717) is 17.4 Å². The molecule has 3 aromatic rings. The predicted molar refractivity (Wildman–Crippen MR) is 109 cm³/mol. The summed E-state index contributed by atoms with van der Waals surface area (Å²) >= 11 is 6.91. The zero-order valence-electron chi connectivity index (χ0n) is 15.0. The highest BCUT2D eigenvalue weighted by atomic mass is 32.1. The van der Waals surface area contributed by atoms with E-state index in [4.69, 9.17) is 16.6 Å². The number of hydrogen-bond donors (Lipinski definition) is 0. The second-order valence-electron chi connectivity index (χ2n) is 6.50. The van der Waals surface area contributed by atoms with Crippen molar-refractivity contribution in [3.05, 3.63) is 52.2 Å². The number of aromatic nitrogens is 2. The van der Waals surface area contributed by atoms with E-state index >= 15 is 0 Å². The topological polar surface area (TPSA) is 54.5 Å². The van der Waals surface area contributed by atoms with Crippen LogP contribution in [0, 0.1) is 4.84 Å². The predicted octanol–water partition coefficient (Wildman–Crippen LogP) is 3.92. The molecule has 0 unspecified atom stereocenters. The summed E-state index contributed by atoms with van der Waals surface area (Å²) in [6.07, 6.45) is 0. The molecule has 1 saturated heterocycles. The fraction of sp³-hybridized carbons (Fsp3) is 0.316. The molecular formula is C19H20N4O2S2. The lowest BCUT2D eigenvalue weighted by Crippen LogP contribution is -2.46. The molecule has 3 heterocycles. The summed E-state index contributed by atoms with van der Waals surface area (Å²) in [5.74, 6) is 0.678. The number of carbonyl (C=O) groups is 1. The second kappa shape index (κ2) is 7.75. The maximum Gasteiger partial charge on any atom is 0.288 e. The molecular weight excluding hydrogens is 380 g/mol. The number of Topliss-reactive ketones (excluding diaryl/α,β-unsaturated/α-hetero) is 1. The van der Waals surface area contributed by atoms with Gasteiger partial charge in [0.1, 0.15) is 0 Å². The van der Waals surface area contributed by atoms with Crippen LogP contribution in [0.5, 0.6) is 0 Å². The number of nitrogens with zero attached hydrogens (tertiary/aromatic N) is 4. The van der Waals surface area contributed by atoms with Crippen molar-refractivity contribution in [3.63, 3.8) is 0 Å². The van der Waals surface area contributed by atoms with E-state index in [1.165, 1.54) is 0 Å². The van der Waals surface area contributed by atoms with Gasteiger partial charge in [-0.25, -0.2) is 4.68 Å². The SMILES string of the molecule is CC(=O)c1ccc(N2CCN(Cn3nc(-c4cccs4)oc3=S)CC2)cc1. The summed E-state index contributed by atoms with van der Waals surface area (Å²) in [6.45, 7) is 5.89. The Hall–Kier alpha value is -2.29. The number of ketones is 1. The van der Waals surface area contributed by atoms with Gasteiger partial charge in [0.2, 0.25) is 0 Å². The first-order valence-corrected chi connectivity index (χ1v) is 10.1. The van der Waals surface area contributed by atoms with Gasteiger partial charge >= 0.3 is 0 Å². The number of benzene rings is 1. The lowest BCUT2D eigenvalue weighted by atomic mass is 10.1. The van der Waals surface area contributed by atoms with E-state index < -0.39 is 0 Å². The van der Waals surface area contributed by atoms with E-state index in [9.17, 15) is 4.79 Å². The van der Waals surface area contributed by atoms with Crippen LogP contribution in [0.25, 0.3) is 10.8 Å². The fourth-order valence-electron chi connectivity index (χ4n) is 3.14. The van der Waals surface area contributed by atoms with Crippen molar-refractivity contribution in [2.24, 2.45) is 0 Å². The normalized spacial score (nSPS) is 15.2. The average Bonchev–Trinajstić information content (AvgIpc) is 3.33. The molecule has 140 valence electrons. The van der Waals surface area contributed by atoms with Gasteiger partial charge in [0, 0.05) is 37.4 Å². The minimum absolute atomic E-state index is 0.0950. The highest BCUT2D eigenvalue weighted by Crippen LogP contribution is 2.23. The largest absolute Gasteiger partial charge is 0.408 e. The first kappa shape index (κ1) is 18.1. The van der Waals surface area contributed by atoms with E-state index in [-0.39, 0.29) is 5.78 Å². The van der Waals surface area contributed by atoms with Gasteiger partial charge < -0.3 is 9.32 Å². The Balaban J connectivity index is 1.37. The molecule has 0 aliphatic carbocycles. The van der Waals surface area contributed by atoms with Gasteiger partial charge in [-0.05, 0) is 54.9 Å². The standard InChI is InChI=1S/C19H20N4O2S2/c1-14(24)15-4-6-16(7-5-15)22-10-8-21(9-11-22)13-23-19(26)25-18(20-23)17-3-2-12-27-17/h2-7,12H,8-11,13H2,1H3. The second-order valence-corrected chi connectivity index (χ2v) is 7.80. The van der Waals surface area contributed by atoms with Crippen molar-refractivity contribution in [1.82, 2.24) is 14.7 Å². The van der Waals surface area contributed by atoms with Gasteiger partial charge in [-0.1, -0.05) is 6.07 Å². The summed E-state index contributed by atoms with van der Waals surface area (Å²) in [6, 6.07) is 11.8. The van der Waals surface area contributed by atoms with E-state index in [1.807, 2.05) is 41.8 Å². The average molecular weight is 401 g/mol. The van der Waals surface area contributed by atoms with Crippen LogP contribution in [0.3, 0.4) is 0 Å². The van der Waals surface area contributed by atoms with E-state index in [0.717, 1.165) is 42.3 Å². The zero-order chi connectivity index (χ0) is 18.8. The van der Waals surface area contributed by atoms with Crippen LogP contribution in [0.2, 0.25) is 0 Å². The summed E-state index contributed by atoms with van der Waals surface area (Å²) in [5, 5.41) is 6.51. The molecule has 0 radical (unpaired) electrons. The molecule has 6 nitrogen and oxygen atoms in total. The number of hydrogen-bond acceptors (Lipinski definition) is 7. The Morgan fingerprint density at radius 3 is 2.56 bits per heavy atom. The molecule has 1 fully saturated rings. The van der Waals surface area contributed by atoms with Crippen molar-refractivity contribution in [1.29, 1.82) is 0 Å². The third-order valence-corrected chi connectivity index (χ3v) is 5.84. The van der Waals surface area contributed by atoms with Crippen LogP contribution in [0.1, 0.15) is 17.3 Å². The zero-order valence-corrected chi connectivity index (χ0v) is 16.6. The monoisotopic (exact) mass is 400 g/mol. The molecule has 2 aromatic heterocycles. The van der Waals surface area contributed by atoms with Crippen LogP contribution in [0.4, 0.5) is 5.69 Å². The Kier molecular flexibility index (Phi) is 5.20.